The van der Waals surface area contributed by atoms with Crippen LogP contribution in [-0.4, -0.2) is 0 Å². The molecule has 0 radical (unpaired) electrons. The molecule has 80 valence electrons. The quantitative estimate of drug-likeness (QED) is 0.636. The van der Waals surface area contributed by atoms with Crippen molar-refractivity contribution in [2.45, 2.75) is 45.4 Å². The van der Waals surface area contributed by atoms with Gasteiger partial charge in [0.05, 0.1) is 4.34 Å². The SMILES string of the molecule is CCCCC(C)(C)c1sc(Cl)cc1I. The molecule has 1 heterocycles. The van der Waals surface area contributed by atoms with Gasteiger partial charge in [-0.2, -0.15) is 0 Å². The van der Waals surface area contributed by atoms with E-state index in [0.717, 1.165) is 4.34 Å². The molecule has 0 aliphatic rings. The summed E-state index contributed by atoms with van der Waals surface area (Å²) < 4.78 is 2.23. The van der Waals surface area contributed by atoms with Gasteiger partial charge in [-0.25, -0.2) is 0 Å². The first-order valence-electron chi connectivity index (χ1n) is 4.92. The number of unbranched alkanes of at least 4 members (excludes halogenated alkanes) is 1. The Morgan fingerprint density at radius 2 is 2.14 bits per heavy atom. The molecule has 0 N–H and O–H groups in total. The molecule has 0 bridgehead atoms. The number of thiophene rings is 1. The van der Waals surface area contributed by atoms with Crippen LogP contribution in [0.4, 0.5) is 0 Å². The maximum atomic E-state index is 6.02. The molecular weight excluding hydrogens is 327 g/mol. The van der Waals surface area contributed by atoms with Crippen molar-refractivity contribution >= 4 is 45.5 Å². The number of rotatable bonds is 4. The first kappa shape index (κ1) is 12.8. The molecule has 1 rings (SSSR count). The van der Waals surface area contributed by atoms with Crippen LogP contribution in [-0.2, 0) is 5.41 Å². The molecule has 0 aliphatic heterocycles. The predicted octanol–water partition coefficient (Wildman–Crippen LogP) is 5.47. The lowest BCUT2D eigenvalue weighted by Gasteiger charge is -2.23. The molecule has 0 atom stereocenters. The van der Waals surface area contributed by atoms with Crippen molar-refractivity contribution in [1.29, 1.82) is 0 Å². The molecule has 1 aromatic rings. The lowest BCUT2D eigenvalue weighted by molar-refractivity contribution is 0.464. The van der Waals surface area contributed by atoms with Gasteiger partial charge in [0.1, 0.15) is 0 Å². The zero-order chi connectivity index (χ0) is 10.8. The topological polar surface area (TPSA) is 0 Å². The Morgan fingerprint density at radius 3 is 2.57 bits per heavy atom. The van der Waals surface area contributed by atoms with Crippen LogP contribution in [0, 0.1) is 3.57 Å². The van der Waals surface area contributed by atoms with Crippen LogP contribution in [0.3, 0.4) is 0 Å². The summed E-state index contributed by atoms with van der Waals surface area (Å²) in [7, 11) is 0. The molecule has 1 aromatic heterocycles. The summed E-state index contributed by atoms with van der Waals surface area (Å²) in [6.45, 7) is 6.86. The minimum Gasteiger partial charge on any atom is -0.127 e. The van der Waals surface area contributed by atoms with Crippen LogP contribution in [0.25, 0.3) is 0 Å². The summed E-state index contributed by atoms with van der Waals surface area (Å²) in [5.74, 6) is 0. The molecule has 0 unspecified atom stereocenters. The smallest absolute Gasteiger partial charge is 0.0942 e. The fourth-order valence-electron chi connectivity index (χ4n) is 1.53. The van der Waals surface area contributed by atoms with Gasteiger partial charge >= 0.3 is 0 Å². The van der Waals surface area contributed by atoms with E-state index in [2.05, 4.69) is 49.4 Å². The first-order valence-corrected chi connectivity index (χ1v) is 7.20. The normalized spacial score (nSPS) is 12.1. The van der Waals surface area contributed by atoms with Gasteiger partial charge in [-0.05, 0) is 35.1 Å². The van der Waals surface area contributed by atoms with Crippen LogP contribution in [0.2, 0.25) is 4.34 Å². The van der Waals surface area contributed by atoms with E-state index in [9.17, 15) is 0 Å². The zero-order valence-electron chi connectivity index (χ0n) is 8.86. The average Bonchev–Trinajstić information content (AvgIpc) is 2.42. The van der Waals surface area contributed by atoms with Gasteiger partial charge in [-0.1, -0.05) is 45.2 Å². The molecule has 0 saturated carbocycles. The molecule has 14 heavy (non-hydrogen) atoms. The van der Waals surface area contributed by atoms with E-state index in [1.165, 1.54) is 27.7 Å². The van der Waals surface area contributed by atoms with Gasteiger partial charge in [0, 0.05) is 13.9 Å². The highest BCUT2D eigenvalue weighted by Gasteiger charge is 2.24. The summed E-state index contributed by atoms with van der Waals surface area (Å²) in [6.07, 6.45) is 3.80. The third kappa shape index (κ3) is 3.11. The minimum atomic E-state index is 0.282. The fraction of sp³-hybridized carbons (Fsp3) is 0.636. The van der Waals surface area contributed by atoms with E-state index in [4.69, 9.17) is 11.6 Å². The van der Waals surface area contributed by atoms with Crippen LogP contribution >= 0.6 is 45.5 Å². The van der Waals surface area contributed by atoms with E-state index >= 15 is 0 Å². The maximum Gasteiger partial charge on any atom is 0.0942 e. The molecule has 0 spiro atoms. The summed E-state index contributed by atoms with van der Waals surface area (Å²) in [6, 6.07) is 2.07. The number of halogens is 2. The second-order valence-corrected chi connectivity index (χ2v) is 7.06. The van der Waals surface area contributed by atoms with Gasteiger partial charge in [-0.3, -0.25) is 0 Å². The third-order valence-electron chi connectivity index (χ3n) is 2.43. The zero-order valence-corrected chi connectivity index (χ0v) is 12.6. The lowest BCUT2D eigenvalue weighted by Crippen LogP contribution is -2.16. The summed E-state index contributed by atoms with van der Waals surface area (Å²) in [5.41, 5.74) is 0.282. The lowest BCUT2D eigenvalue weighted by atomic mass is 9.86. The predicted molar refractivity (Wildman–Crippen MR) is 74.6 cm³/mol. The van der Waals surface area contributed by atoms with Crippen molar-refractivity contribution in [3.63, 3.8) is 0 Å². The van der Waals surface area contributed by atoms with Crippen LogP contribution in [0.1, 0.15) is 44.9 Å². The molecule has 3 heteroatoms. The van der Waals surface area contributed by atoms with Crippen molar-refractivity contribution in [1.82, 2.24) is 0 Å². The molecule has 0 fully saturated rings. The van der Waals surface area contributed by atoms with Crippen LogP contribution < -0.4 is 0 Å². The second-order valence-electron chi connectivity index (χ2n) is 4.22. The van der Waals surface area contributed by atoms with Crippen LogP contribution in [0.5, 0.6) is 0 Å². The second kappa shape index (κ2) is 5.17. The summed E-state index contributed by atoms with van der Waals surface area (Å²) in [5, 5.41) is 0. The maximum absolute atomic E-state index is 6.02. The molecule has 0 amide bonds. The van der Waals surface area contributed by atoms with Gasteiger partial charge < -0.3 is 0 Å². The fourth-order valence-corrected chi connectivity index (χ4v) is 4.55. The Hall–Kier alpha value is 0.720. The highest BCUT2D eigenvalue weighted by atomic mass is 127. The molecule has 0 aliphatic carbocycles. The Balaban J connectivity index is 2.85. The molecule has 0 aromatic carbocycles. The minimum absolute atomic E-state index is 0.282. The standard InChI is InChI=1S/C11H16ClIS/c1-4-5-6-11(2,3)10-8(13)7-9(12)14-10/h7H,4-6H2,1-3H3. The Kier molecular flexibility index (Phi) is 4.72. The van der Waals surface area contributed by atoms with E-state index in [1.54, 1.807) is 11.3 Å². The average molecular weight is 343 g/mol. The van der Waals surface area contributed by atoms with E-state index < -0.39 is 0 Å². The van der Waals surface area contributed by atoms with E-state index in [0.29, 0.717) is 0 Å². The third-order valence-corrected chi connectivity index (χ3v) is 5.27. The largest absolute Gasteiger partial charge is 0.127 e. The molecule has 0 saturated heterocycles. The molecular formula is C11H16ClIS. The molecule has 0 nitrogen and oxygen atoms in total. The van der Waals surface area contributed by atoms with Crippen molar-refractivity contribution < 1.29 is 0 Å². The van der Waals surface area contributed by atoms with Gasteiger partial charge in [0.2, 0.25) is 0 Å². The number of hydrogen-bond acceptors (Lipinski definition) is 1. The van der Waals surface area contributed by atoms with Crippen molar-refractivity contribution in [2.75, 3.05) is 0 Å². The van der Waals surface area contributed by atoms with Crippen LogP contribution in [0.15, 0.2) is 6.07 Å². The Morgan fingerprint density at radius 1 is 1.50 bits per heavy atom. The van der Waals surface area contributed by atoms with Gasteiger partial charge in [-0.15, -0.1) is 11.3 Å². The van der Waals surface area contributed by atoms with E-state index in [-0.39, 0.29) is 5.41 Å². The van der Waals surface area contributed by atoms with Gasteiger partial charge in [0.15, 0.2) is 0 Å². The van der Waals surface area contributed by atoms with E-state index in [1.807, 2.05) is 0 Å². The highest BCUT2D eigenvalue weighted by Crippen LogP contribution is 2.39. The number of hydrogen-bond donors (Lipinski definition) is 0. The van der Waals surface area contributed by atoms with Crippen molar-refractivity contribution in [2.24, 2.45) is 0 Å². The summed E-state index contributed by atoms with van der Waals surface area (Å²) in [4.78, 5) is 1.44. The monoisotopic (exact) mass is 342 g/mol. The van der Waals surface area contributed by atoms with Gasteiger partial charge in [0.25, 0.3) is 0 Å². The highest BCUT2D eigenvalue weighted by molar-refractivity contribution is 14.1. The Bertz CT molecular complexity index is 304. The first-order chi connectivity index (χ1) is 6.47. The van der Waals surface area contributed by atoms with Crippen molar-refractivity contribution in [3.8, 4) is 0 Å². The van der Waals surface area contributed by atoms with Crippen molar-refractivity contribution in [3.05, 3.63) is 18.9 Å². The summed E-state index contributed by atoms with van der Waals surface area (Å²) >= 11 is 10.1. The Labute approximate surface area is 109 Å².